The van der Waals surface area contributed by atoms with Gasteiger partial charge in [-0.2, -0.15) is 9.97 Å². The molecular formula is C14H22N4O2. The molecular weight excluding hydrogens is 256 g/mol. The molecule has 0 saturated carbocycles. The molecule has 2 atom stereocenters. The van der Waals surface area contributed by atoms with Gasteiger partial charge in [0.05, 0.1) is 13.2 Å². The van der Waals surface area contributed by atoms with Crippen LogP contribution in [0.5, 0.6) is 12.0 Å². The Morgan fingerprint density at radius 2 is 1.85 bits per heavy atom. The third-order valence-corrected chi connectivity index (χ3v) is 3.44. The van der Waals surface area contributed by atoms with E-state index in [9.17, 15) is 0 Å². The molecule has 1 N–H and O–H groups in total. The first-order valence-electron chi connectivity index (χ1n) is 7.07. The number of hydrogen-bond acceptors (Lipinski definition) is 6. The van der Waals surface area contributed by atoms with Gasteiger partial charge in [-0.25, -0.2) is 0 Å². The van der Waals surface area contributed by atoms with Crippen molar-refractivity contribution >= 4 is 5.95 Å². The van der Waals surface area contributed by atoms with Crippen LogP contribution in [0.15, 0.2) is 12.2 Å². The maximum atomic E-state index is 5.73. The summed E-state index contributed by atoms with van der Waals surface area (Å²) in [4.78, 5) is 12.5. The Labute approximate surface area is 119 Å². The van der Waals surface area contributed by atoms with Gasteiger partial charge in [-0.1, -0.05) is 19.1 Å². The fraction of sp³-hybridized carbons (Fsp3) is 0.643. The minimum absolute atomic E-state index is 0.290. The highest BCUT2D eigenvalue weighted by Crippen LogP contribution is 2.25. The molecule has 1 aromatic rings. The third-order valence-electron chi connectivity index (χ3n) is 3.44. The highest BCUT2D eigenvalue weighted by atomic mass is 16.5. The molecule has 110 valence electrons. The summed E-state index contributed by atoms with van der Waals surface area (Å²) in [5.74, 6) is 1.58. The van der Waals surface area contributed by atoms with E-state index in [-0.39, 0.29) is 0 Å². The van der Waals surface area contributed by atoms with Crippen molar-refractivity contribution in [1.29, 1.82) is 0 Å². The minimum atomic E-state index is 0.290. The molecule has 0 amide bonds. The zero-order chi connectivity index (χ0) is 14.4. The molecule has 0 bridgehead atoms. The van der Waals surface area contributed by atoms with Crippen molar-refractivity contribution in [2.45, 2.75) is 26.7 Å². The first-order valence-corrected chi connectivity index (χ1v) is 7.07. The number of aromatic nitrogens is 3. The Kier molecular flexibility index (Phi) is 5.15. The zero-order valence-corrected chi connectivity index (χ0v) is 12.3. The summed E-state index contributed by atoms with van der Waals surface area (Å²) in [5.41, 5.74) is 0. The molecule has 6 heteroatoms. The summed E-state index contributed by atoms with van der Waals surface area (Å²) in [6, 6.07) is 0.605. The number of ether oxygens (including phenoxy) is 2. The van der Waals surface area contributed by atoms with Gasteiger partial charge < -0.3 is 14.8 Å². The monoisotopic (exact) mass is 278 g/mol. The van der Waals surface area contributed by atoms with E-state index in [2.05, 4.69) is 39.3 Å². The maximum absolute atomic E-state index is 5.73. The van der Waals surface area contributed by atoms with Crippen LogP contribution in [0.2, 0.25) is 0 Å². The van der Waals surface area contributed by atoms with E-state index in [0.717, 1.165) is 12.8 Å². The highest BCUT2D eigenvalue weighted by molar-refractivity contribution is 5.26. The van der Waals surface area contributed by atoms with Crippen molar-refractivity contribution < 1.29 is 9.47 Å². The Hall–Kier alpha value is -1.85. The first-order chi connectivity index (χ1) is 9.72. The molecule has 2 rings (SSSR count). The van der Waals surface area contributed by atoms with Gasteiger partial charge in [0.15, 0.2) is 0 Å². The second-order valence-corrected chi connectivity index (χ2v) is 4.90. The molecule has 0 saturated heterocycles. The topological polar surface area (TPSA) is 69.2 Å². The number of nitrogens with zero attached hydrogens (tertiary/aromatic N) is 3. The van der Waals surface area contributed by atoms with Gasteiger partial charge in [0.25, 0.3) is 0 Å². The number of anilines is 1. The van der Waals surface area contributed by atoms with Gasteiger partial charge >= 0.3 is 12.0 Å². The summed E-state index contributed by atoms with van der Waals surface area (Å²) < 4.78 is 11.0. The third kappa shape index (κ3) is 3.82. The fourth-order valence-corrected chi connectivity index (χ4v) is 2.13. The molecule has 1 aliphatic rings. The van der Waals surface area contributed by atoms with Crippen molar-refractivity contribution in [2.24, 2.45) is 11.8 Å². The second kappa shape index (κ2) is 7.07. The van der Waals surface area contributed by atoms with Gasteiger partial charge in [0, 0.05) is 7.05 Å². The lowest BCUT2D eigenvalue weighted by molar-refractivity contribution is 0.183. The van der Waals surface area contributed by atoms with Gasteiger partial charge in [-0.3, -0.25) is 0 Å². The van der Waals surface area contributed by atoms with Crippen molar-refractivity contribution in [2.75, 3.05) is 25.6 Å². The van der Waals surface area contributed by atoms with E-state index >= 15 is 0 Å². The van der Waals surface area contributed by atoms with Gasteiger partial charge in [-0.05, 0) is 31.6 Å². The predicted octanol–water partition coefficient (Wildman–Crippen LogP) is 2.29. The van der Waals surface area contributed by atoms with Crippen LogP contribution in [0.25, 0.3) is 0 Å². The van der Waals surface area contributed by atoms with E-state index in [1.807, 2.05) is 6.92 Å². The molecule has 2 unspecified atom stereocenters. The van der Waals surface area contributed by atoms with Crippen LogP contribution >= 0.6 is 0 Å². The standard InChI is InChI=1S/C14H22N4O2/c1-4-19-13-16-12(15-3)17-14(18-13)20-9-11-8-6-5-7-10(11)2/h5-6,10-11H,4,7-9H2,1-3H3,(H,15,16,17,18). The lowest BCUT2D eigenvalue weighted by atomic mass is 9.85. The van der Waals surface area contributed by atoms with E-state index in [0.29, 0.717) is 43.0 Å². The molecule has 0 aliphatic heterocycles. The van der Waals surface area contributed by atoms with Crippen molar-refractivity contribution in [3.63, 3.8) is 0 Å². The van der Waals surface area contributed by atoms with Crippen molar-refractivity contribution in [3.05, 3.63) is 12.2 Å². The van der Waals surface area contributed by atoms with Crippen LogP contribution in [0.1, 0.15) is 26.7 Å². The average Bonchev–Trinajstić information content (AvgIpc) is 2.46. The molecule has 0 spiro atoms. The summed E-state index contributed by atoms with van der Waals surface area (Å²) in [6.45, 7) is 5.26. The molecule has 1 heterocycles. The SMILES string of the molecule is CCOc1nc(NC)nc(OCC2CC=CCC2C)n1. The Bertz CT molecular complexity index is 464. The van der Waals surface area contributed by atoms with Gasteiger partial charge in [0.1, 0.15) is 0 Å². The Balaban J connectivity index is 2.00. The van der Waals surface area contributed by atoms with Crippen LogP contribution < -0.4 is 14.8 Å². The first kappa shape index (κ1) is 14.6. The van der Waals surface area contributed by atoms with Crippen LogP contribution in [0, 0.1) is 11.8 Å². The van der Waals surface area contributed by atoms with Crippen LogP contribution in [-0.2, 0) is 0 Å². The molecule has 0 fully saturated rings. The maximum Gasteiger partial charge on any atom is 0.324 e. The van der Waals surface area contributed by atoms with Gasteiger partial charge in [-0.15, -0.1) is 4.98 Å². The van der Waals surface area contributed by atoms with E-state index < -0.39 is 0 Å². The number of allylic oxidation sites excluding steroid dienone is 2. The molecule has 20 heavy (non-hydrogen) atoms. The summed E-state index contributed by atoms with van der Waals surface area (Å²) >= 11 is 0. The summed E-state index contributed by atoms with van der Waals surface area (Å²) in [5, 5.41) is 2.88. The summed E-state index contributed by atoms with van der Waals surface area (Å²) in [7, 11) is 1.75. The van der Waals surface area contributed by atoms with E-state index in [1.165, 1.54) is 0 Å². The second-order valence-electron chi connectivity index (χ2n) is 4.90. The van der Waals surface area contributed by atoms with Crippen LogP contribution in [0.3, 0.4) is 0 Å². The lowest BCUT2D eigenvalue weighted by Crippen LogP contribution is -2.22. The normalized spacial score (nSPS) is 21.6. The molecule has 0 aromatic carbocycles. The van der Waals surface area contributed by atoms with Crippen molar-refractivity contribution in [1.82, 2.24) is 15.0 Å². The quantitative estimate of drug-likeness (QED) is 0.805. The minimum Gasteiger partial charge on any atom is -0.464 e. The molecule has 1 aromatic heterocycles. The van der Waals surface area contributed by atoms with E-state index in [1.54, 1.807) is 7.05 Å². The lowest BCUT2D eigenvalue weighted by Gasteiger charge is -2.24. The Morgan fingerprint density at radius 1 is 1.15 bits per heavy atom. The van der Waals surface area contributed by atoms with E-state index in [4.69, 9.17) is 9.47 Å². The van der Waals surface area contributed by atoms with Crippen LogP contribution in [0.4, 0.5) is 5.95 Å². The Morgan fingerprint density at radius 3 is 2.50 bits per heavy atom. The van der Waals surface area contributed by atoms with Crippen molar-refractivity contribution in [3.8, 4) is 12.0 Å². The zero-order valence-electron chi connectivity index (χ0n) is 12.3. The largest absolute Gasteiger partial charge is 0.464 e. The number of nitrogens with one attached hydrogen (secondary N) is 1. The fourth-order valence-electron chi connectivity index (χ4n) is 2.13. The molecule has 6 nitrogen and oxygen atoms in total. The van der Waals surface area contributed by atoms with Gasteiger partial charge in [0.2, 0.25) is 5.95 Å². The molecule has 1 aliphatic carbocycles. The highest BCUT2D eigenvalue weighted by Gasteiger charge is 2.19. The smallest absolute Gasteiger partial charge is 0.324 e. The average molecular weight is 278 g/mol. The number of hydrogen-bond donors (Lipinski definition) is 1. The summed E-state index contributed by atoms with van der Waals surface area (Å²) in [6.07, 6.45) is 6.60. The van der Waals surface area contributed by atoms with Crippen LogP contribution in [-0.4, -0.2) is 35.2 Å². The predicted molar refractivity (Wildman–Crippen MR) is 77.1 cm³/mol. The molecule has 0 radical (unpaired) electrons. The number of rotatable bonds is 6.